The highest BCUT2D eigenvalue weighted by Gasteiger charge is 2.49. The Morgan fingerprint density at radius 3 is 2.48 bits per heavy atom. The summed E-state index contributed by atoms with van der Waals surface area (Å²) in [4.78, 5) is 14.6. The van der Waals surface area contributed by atoms with Crippen molar-refractivity contribution in [1.29, 1.82) is 0 Å². The highest BCUT2D eigenvalue weighted by Crippen LogP contribution is 2.51. The quantitative estimate of drug-likeness (QED) is 0.478. The molecule has 2 bridgehead atoms. The molecule has 5 rings (SSSR count). The molecule has 126 valence electrons. The van der Waals surface area contributed by atoms with Crippen molar-refractivity contribution in [3.63, 3.8) is 0 Å². The Hall–Kier alpha value is -2.51. The van der Waals surface area contributed by atoms with Crippen LogP contribution in [0.25, 0.3) is 0 Å². The Bertz CT molecular complexity index is 806. The summed E-state index contributed by atoms with van der Waals surface area (Å²) in [6.07, 6.45) is 11.9. The number of nitrogens with zero attached hydrogens (tertiary/aromatic N) is 1. The number of anilines is 1. The average Bonchev–Trinajstić information content (AvgIpc) is 3.42. The monoisotopic (exact) mass is 331 g/mol. The fraction of sp³-hybridized carbons (Fsp3) is 0.364. The minimum atomic E-state index is -0.276. The first-order chi connectivity index (χ1) is 12.3. The molecule has 3 nitrogen and oxygen atoms in total. The first-order valence-electron chi connectivity index (χ1n) is 9.10. The van der Waals surface area contributed by atoms with E-state index in [0.29, 0.717) is 5.56 Å². The van der Waals surface area contributed by atoms with Crippen molar-refractivity contribution in [3.05, 3.63) is 71.5 Å². The summed E-state index contributed by atoms with van der Waals surface area (Å²) in [5, 5.41) is 0. The Morgan fingerprint density at radius 2 is 1.84 bits per heavy atom. The largest absolute Gasteiger partial charge is 0.457 e. The molecule has 0 N–H and O–H groups in total. The van der Waals surface area contributed by atoms with E-state index in [0.717, 1.165) is 42.3 Å². The van der Waals surface area contributed by atoms with Gasteiger partial charge in [0.1, 0.15) is 6.61 Å². The Morgan fingerprint density at radius 1 is 1.12 bits per heavy atom. The second-order valence-corrected chi connectivity index (χ2v) is 7.50. The van der Waals surface area contributed by atoms with E-state index in [1.807, 2.05) is 30.4 Å². The molecule has 0 radical (unpaired) electrons. The third kappa shape index (κ3) is 2.56. The lowest BCUT2D eigenvalue weighted by atomic mass is 9.86. The summed E-state index contributed by atoms with van der Waals surface area (Å²) in [5.41, 5.74) is 5.76. The van der Waals surface area contributed by atoms with Crippen LogP contribution < -0.4 is 4.90 Å². The predicted molar refractivity (Wildman–Crippen MR) is 97.4 cm³/mol. The third-order valence-electron chi connectivity index (χ3n) is 6.15. The molecule has 3 heteroatoms. The lowest BCUT2D eigenvalue weighted by Gasteiger charge is -2.21. The molecule has 0 aromatic heterocycles. The minimum absolute atomic E-state index is 0.276. The number of rotatable bonds is 4. The van der Waals surface area contributed by atoms with Crippen LogP contribution in [0.4, 0.5) is 5.69 Å². The van der Waals surface area contributed by atoms with Gasteiger partial charge in [-0.25, -0.2) is 4.79 Å². The van der Waals surface area contributed by atoms with Crippen molar-refractivity contribution in [2.24, 2.45) is 23.7 Å². The van der Waals surface area contributed by atoms with Gasteiger partial charge in [-0.1, -0.05) is 18.2 Å². The Kier molecular flexibility index (Phi) is 3.43. The number of hydrogen-bond donors (Lipinski definition) is 0. The van der Waals surface area contributed by atoms with Crippen LogP contribution in [0, 0.1) is 23.7 Å². The molecule has 4 aliphatic rings. The molecule has 1 saturated heterocycles. The fourth-order valence-corrected chi connectivity index (χ4v) is 4.86. The molecule has 0 amide bonds. The van der Waals surface area contributed by atoms with Crippen molar-refractivity contribution < 1.29 is 9.53 Å². The molecule has 1 heterocycles. The molecule has 0 unspecified atom stereocenters. The lowest BCUT2D eigenvalue weighted by Crippen LogP contribution is -2.22. The van der Waals surface area contributed by atoms with Crippen LogP contribution in [0.3, 0.4) is 0 Å². The van der Waals surface area contributed by atoms with E-state index < -0.39 is 0 Å². The van der Waals surface area contributed by atoms with Crippen LogP contribution in [0.5, 0.6) is 0 Å². The average molecular weight is 331 g/mol. The van der Waals surface area contributed by atoms with Crippen molar-refractivity contribution in [2.45, 2.75) is 6.42 Å². The third-order valence-corrected chi connectivity index (χ3v) is 6.15. The second-order valence-electron chi connectivity index (χ2n) is 7.50. The normalized spacial score (nSPS) is 30.9. The first-order valence-corrected chi connectivity index (χ1v) is 9.10. The first kappa shape index (κ1) is 14.8. The van der Waals surface area contributed by atoms with Crippen LogP contribution in [-0.4, -0.2) is 25.7 Å². The fourth-order valence-electron chi connectivity index (χ4n) is 4.86. The van der Waals surface area contributed by atoms with Gasteiger partial charge in [-0.3, -0.25) is 0 Å². The SMILES string of the molecule is O=C(OCC1=C=CC=C1)c1ccc(N2C[C@@H]3[C@H](C2)[C@@H]2C=C[C@H]3C2)cc1. The van der Waals surface area contributed by atoms with Crippen LogP contribution in [0.1, 0.15) is 16.8 Å². The van der Waals surface area contributed by atoms with Gasteiger partial charge in [-0.05, 0) is 66.5 Å². The van der Waals surface area contributed by atoms with Crippen molar-refractivity contribution in [1.82, 2.24) is 0 Å². The zero-order valence-corrected chi connectivity index (χ0v) is 14.1. The van der Waals surface area contributed by atoms with Gasteiger partial charge in [0.25, 0.3) is 0 Å². The number of hydrogen-bond acceptors (Lipinski definition) is 3. The molecule has 1 aromatic rings. The Labute approximate surface area is 148 Å². The molecule has 1 aliphatic heterocycles. The molecule has 2 fully saturated rings. The number of ether oxygens (including phenoxy) is 1. The summed E-state index contributed by atoms with van der Waals surface area (Å²) in [7, 11) is 0. The Balaban J connectivity index is 1.23. The number of esters is 1. The zero-order chi connectivity index (χ0) is 16.8. The van der Waals surface area contributed by atoms with Crippen molar-refractivity contribution >= 4 is 11.7 Å². The molecular formula is C22H21NO2. The molecular weight excluding hydrogens is 310 g/mol. The van der Waals surface area contributed by atoms with Gasteiger partial charge in [-0.2, -0.15) is 0 Å². The van der Waals surface area contributed by atoms with E-state index in [1.54, 1.807) is 0 Å². The highest BCUT2D eigenvalue weighted by molar-refractivity contribution is 5.90. The van der Waals surface area contributed by atoms with Gasteiger partial charge in [-0.15, -0.1) is 5.73 Å². The number of fused-ring (bicyclic) bond motifs is 5. The molecule has 25 heavy (non-hydrogen) atoms. The van der Waals surface area contributed by atoms with Crippen LogP contribution in [-0.2, 0) is 4.74 Å². The zero-order valence-electron chi connectivity index (χ0n) is 14.1. The molecule has 1 aromatic carbocycles. The molecule has 4 atom stereocenters. The number of allylic oxidation sites excluding steroid dienone is 3. The summed E-state index contributed by atoms with van der Waals surface area (Å²) in [5.74, 6) is 2.95. The molecule has 3 aliphatic carbocycles. The van der Waals surface area contributed by atoms with E-state index in [4.69, 9.17) is 4.74 Å². The van der Waals surface area contributed by atoms with Gasteiger partial charge in [0, 0.05) is 24.4 Å². The summed E-state index contributed by atoms with van der Waals surface area (Å²) >= 11 is 0. The van der Waals surface area contributed by atoms with Gasteiger partial charge >= 0.3 is 5.97 Å². The smallest absolute Gasteiger partial charge is 0.338 e. The maximum Gasteiger partial charge on any atom is 0.338 e. The topological polar surface area (TPSA) is 29.5 Å². The lowest BCUT2D eigenvalue weighted by molar-refractivity contribution is 0.0543. The number of carbonyl (C=O) groups is 1. The van der Waals surface area contributed by atoms with Crippen LogP contribution in [0.15, 0.2) is 65.9 Å². The van der Waals surface area contributed by atoms with E-state index >= 15 is 0 Å². The number of benzene rings is 1. The van der Waals surface area contributed by atoms with Crippen LogP contribution in [0.2, 0.25) is 0 Å². The standard InChI is InChI=1S/C22H21NO2/c24-22(25-14-15-3-1-2-4-15)16-7-9-19(10-8-16)23-12-20-17-5-6-18(11-17)21(20)13-23/h1-3,5-10,17-18,20-21H,11-14H2/t17-,18+,20-,21+. The van der Waals surface area contributed by atoms with Gasteiger partial charge < -0.3 is 9.64 Å². The van der Waals surface area contributed by atoms with Gasteiger partial charge in [0.2, 0.25) is 0 Å². The molecule has 1 saturated carbocycles. The predicted octanol–water partition coefficient (Wildman–Crippen LogP) is 3.75. The summed E-state index contributed by atoms with van der Waals surface area (Å²) in [6, 6.07) is 7.88. The van der Waals surface area contributed by atoms with Crippen molar-refractivity contribution in [2.75, 3.05) is 24.6 Å². The van der Waals surface area contributed by atoms with Crippen molar-refractivity contribution in [3.8, 4) is 0 Å². The summed E-state index contributed by atoms with van der Waals surface area (Å²) in [6.45, 7) is 2.57. The highest BCUT2D eigenvalue weighted by atomic mass is 16.5. The van der Waals surface area contributed by atoms with Gasteiger partial charge in [0.05, 0.1) is 5.56 Å². The minimum Gasteiger partial charge on any atom is -0.457 e. The number of carbonyl (C=O) groups excluding carboxylic acids is 1. The maximum absolute atomic E-state index is 12.2. The van der Waals surface area contributed by atoms with E-state index in [2.05, 4.69) is 34.9 Å². The van der Waals surface area contributed by atoms with Gasteiger partial charge in [0.15, 0.2) is 0 Å². The second kappa shape index (κ2) is 5.79. The summed E-state index contributed by atoms with van der Waals surface area (Å²) < 4.78 is 5.34. The maximum atomic E-state index is 12.2. The molecule has 0 spiro atoms. The van der Waals surface area contributed by atoms with E-state index in [-0.39, 0.29) is 12.6 Å². The van der Waals surface area contributed by atoms with E-state index in [9.17, 15) is 4.79 Å². The van der Waals surface area contributed by atoms with E-state index in [1.165, 1.54) is 12.1 Å². The van der Waals surface area contributed by atoms with Crippen LogP contribution >= 0.6 is 0 Å².